The Bertz CT molecular complexity index is 818. The number of ether oxygens (including phenoxy) is 1. The minimum atomic E-state index is 0.697. The monoisotopic (exact) mass is 383 g/mol. The quantitative estimate of drug-likeness (QED) is 0.408. The highest BCUT2D eigenvalue weighted by atomic mass is 32.1. The molecule has 0 amide bonds. The van der Waals surface area contributed by atoms with Crippen LogP contribution in [-0.4, -0.2) is 24.1 Å². The van der Waals surface area contributed by atoms with Crippen molar-refractivity contribution in [3.63, 3.8) is 0 Å². The molecule has 0 unspecified atom stereocenters. The van der Waals surface area contributed by atoms with E-state index in [2.05, 4.69) is 58.3 Å². The zero-order chi connectivity index (χ0) is 18.7. The Labute approximate surface area is 166 Å². The molecule has 0 aliphatic heterocycles. The van der Waals surface area contributed by atoms with Gasteiger partial charge in [-0.1, -0.05) is 44.0 Å². The van der Waals surface area contributed by atoms with Crippen molar-refractivity contribution >= 4 is 27.4 Å². The molecule has 27 heavy (non-hydrogen) atoms. The minimum Gasteiger partial charge on any atom is -0.494 e. The molecule has 2 N–H and O–H groups in total. The van der Waals surface area contributed by atoms with Crippen LogP contribution in [0.3, 0.4) is 0 Å². The molecule has 0 spiro atoms. The highest BCUT2D eigenvalue weighted by Gasteiger charge is 2.04. The van der Waals surface area contributed by atoms with E-state index in [1.165, 1.54) is 46.4 Å². The van der Waals surface area contributed by atoms with Crippen LogP contribution >= 0.6 is 11.5 Å². The third kappa shape index (κ3) is 6.22. The zero-order valence-electron chi connectivity index (χ0n) is 16.0. The van der Waals surface area contributed by atoms with Gasteiger partial charge in [-0.2, -0.15) is 4.37 Å². The van der Waals surface area contributed by atoms with Crippen molar-refractivity contribution in [2.45, 2.75) is 39.2 Å². The summed E-state index contributed by atoms with van der Waals surface area (Å²) in [7, 11) is 0. The average Bonchev–Trinajstić information content (AvgIpc) is 3.11. The largest absolute Gasteiger partial charge is 0.494 e. The van der Waals surface area contributed by atoms with Crippen molar-refractivity contribution in [2.75, 3.05) is 25.0 Å². The molecular weight excluding hydrogens is 354 g/mol. The fourth-order valence-electron chi connectivity index (χ4n) is 2.96. The summed E-state index contributed by atoms with van der Waals surface area (Å²) in [6, 6.07) is 16.7. The second kappa shape index (κ2) is 10.9. The van der Waals surface area contributed by atoms with Crippen LogP contribution < -0.4 is 15.4 Å². The highest BCUT2D eigenvalue weighted by molar-refractivity contribution is 7.13. The van der Waals surface area contributed by atoms with Gasteiger partial charge < -0.3 is 15.4 Å². The normalized spacial score (nSPS) is 11.0. The van der Waals surface area contributed by atoms with Crippen LogP contribution in [0.4, 0.5) is 5.82 Å². The minimum absolute atomic E-state index is 0.697. The topological polar surface area (TPSA) is 46.2 Å². The van der Waals surface area contributed by atoms with E-state index in [4.69, 9.17) is 4.74 Å². The van der Waals surface area contributed by atoms with Crippen LogP contribution in [0.15, 0.2) is 48.5 Å². The SMILES string of the molecule is CCCCCNCc1cccc(OCCCNc2nsc3ccccc23)c1. The zero-order valence-corrected chi connectivity index (χ0v) is 16.9. The summed E-state index contributed by atoms with van der Waals surface area (Å²) in [6.07, 6.45) is 4.73. The van der Waals surface area contributed by atoms with Gasteiger partial charge in [0.2, 0.25) is 0 Å². The fourth-order valence-corrected chi connectivity index (χ4v) is 3.72. The van der Waals surface area contributed by atoms with Crippen molar-refractivity contribution in [3.05, 3.63) is 54.1 Å². The molecule has 2 aromatic carbocycles. The number of unbranched alkanes of at least 4 members (excludes halogenated alkanes) is 2. The molecular formula is C22H29N3OS. The van der Waals surface area contributed by atoms with Gasteiger partial charge in [-0.25, -0.2) is 0 Å². The van der Waals surface area contributed by atoms with Gasteiger partial charge in [-0.05, 0) is 60.7 Å². The Morgan fingerprint density at radius 1 is 1.00 bits per heavy atom. The second-order valence-electron chi connectivity index (χ2n) is 6.69. The Morgan fingerprint density at radius 3 is 2.85 bits per heavy atom. The summed E-state index contributed by atoms with van der Waals surface area (Å²) in [4.78, 5) is 0. The van der Waals surface area contributed by atoms with Crippen LogP contribution in [0.1, 0.15) is 38.2 Å². The molecule has 0 aliphatic rings. The molecule has 3 aromatic rings. The molecule has 144 valence electrons. The molecule has 0 fully saturated rings. The maximum Gasteiger partial charge on any atom is 0.147 e. The van der Waals surface area contributed by atoms with Crippen LogP contribution in [0, 0.1) is 0 Å². The van der Waals surface area contributed by atoms with Crippen molar-refractivity contribution in [2.24, 2.45) is 0 Å². The number of rotatable bonds is 12. The number of hydrogen-bond donors (Lipinski definition) is 2. The van der Waals surface area contributed by atoms with E-state index >= 15 is 0 Å². The van der Waals surface area contributed by atoms with Crippen molar-refractivity contribution in [1.82, 2.24) is 9.69 Å². The molecule has 0 aliphatic carbocycles. The molecule has 1 aromatic heterocycles. The number of nitrogens with one attached hydrogen (secondary N) is 2. The van der Waals surface area contributed by atoms with E-state index < -0.39 is 0 Å². The van der Waals surface area contributed by atoms with Crippen molar-refractivity contribution in [3.8, 4) is 5.75 Å². The average molecular weight is 384 g/mol. The number of anilines is 1. The Hall–Kier alpha value is -2.11. The summed E-state index contributed by atoms with van der Waals surface area (Å²) in [6.45, 7) is 5.76. The van der Waals surface area contributed by atoms with Gasteiger partial charge in [0.05, 0.1) is 11.3 Å². The summed E-state index contributed by atoms with van der Waals surface area (Å²) in [5.41, 5.74) is 1.27. The maximum absolute atomic E-state index is 5.91. The molecule has 4 nitrogen and oxygen atoms in total. The lowest BCUT2D eigenvalue weighted by Gasteiger charge is -2.09. The molecule has 0 saturated carbocycles. The second-order valence-corrected chi connectivity index (χ2v) is 7.49. The first kappa shape index (κ1) is 19.6. The van der Waals surface area contributed by atoms with Crippen LogP contribution in [0.2, 0.25) is 0 Å². The fraction of sp³-hybridized carbons (Fsp3) is 0.409. The van der Waals surface area contributed by atoms with Gasteiger partial charge in [-0.3, -0.25) is 0 Å². The lowest BCUT2D eigenvalue weighted by Crippen LogP contribution is -2.14. The van der Waals surface area contributed by atoms with E-state index in [9.17, 15) is 0 Å². The van der Waals surface area contributed by atoms with Crippen LogP contribution in [0.5, 0.6) is 5.75 Å². The Balaban J connectivity index is 1.36. The number of benzene rings is 2. The van der Waals surface area contributed by atoms with Gasteiger partial charge in [0.25, 0.3) is 0 Å². The van der Waals surface area contributed by atoms with Crippen molar-refractivity contribution in [1.29, 1.82) is 0 Å². The summed E-state index contributed by atoms with van der Waals surface area (Å²) in [5, 5.41) is 8.11. The maximum atomic E-state index is 5.91. The van der Waals surface area contributed by atoms with Gasteiger partial charge in [0, 0.05) is 18.5 Å². The summed E-state index contributed by atoms with van der Waals surface area (Å²) < 4.78 is 11.6. The standard InChI is InChI=1S/C22H29N3OS/c1-2-3-6-13-23-17-18-9-7-10-19(16-18)26-15-8-14-24-22-20-11-4-5-12-21(20)27-25-22/h4-5,7,9-12,16,23H,2-3,6,8,13-15,17H2,1H3,(H,24,25). The van der Waals surface area contributed by atoms with Crippen molar-refractivity contribution < 1.29 is 4.74 Å². The van der Waals surface area contributed by atoms with Crippen LogP contribution in [0.25, 0.3) is 10.1 Å². The summed E-state index contributed by atoms with van der Waals surface area (Å²) >= 11 is 1.54. The third-order valence-electron chi connectivity index (χ3n) is 4.44. The highest BCUT2D eigenvalue weighted by Crippen LogP contribution is 2.25. The molecule has 5 heteroatoms. The number of hydrogen-bond acceptors (Lipinski definition) is 5. The van der Waals surface area contributed by atoms with E-state index in [1.54, 1.807) is 0 Å². The smallest absolute Gasteiger partial charge is 0.147 e. The molecule has 0 bridgehead atoms. The van der Waals surface area contributed by atoms with E-state index in [-0.39, 0.29) is 0 Å². The predicted molar refractivity (Wildman–Crippen MR) is 116 cm³/mol. The number of aromatic nitrogens is 1. The van der Waals surface area contributed by atoms with E-state index in [1.807, 2.05) is 12.1 Å². The first-order chi connectivity index (χ1) is 13.4. The third-order valence-corrected chi connectivity index (χ3v) is 5.27. The van der Waals surface area contributed by atoms with Crippen LogP contribution in [-0.2, 0) is 6.54 Å². The van der Waals surface area contributed by atoms with E-state index in [0.29, 0.717) is 6.61 Å². The van der Waals surface area contributed by atoms with E-state index in [0.717, 1.165) is 37.6 Å². The Kier molecular flexibility index (Phi) is 7.93. The van der Waals surface area contributed by atoms with Gasteiger partial charge in [-0.15, -0.1) is 0 Å². The Morgan fingerprint density at radius 2 is 1.93 bits per heavy atom. The van der Waals surface area contributed by atoms with Gasteiger partial charge in [0.15, 0.2) is 0 Å². The molecule has 0 radical (unpaired) electrons. The number of nitrogens with zero attached hydrogens (tertiary/aromatic N) is 1. The summed E-state index contributed by atoms with van der Waals surface area (Å²) in [5.74, 6) is 1.92. The van der Waals surface area contributed by atoms with Gasteiger partial charge in [0.1, 0.15) is 11.6 Å². The first-order valence-electron chi connectivity index (χ1n) is 9.87. The number of fused-ring (bicyclic) bond motifs is 1. The first-order valence-corrected chi connectivity index (χ1v) is 10.6. The molecule has 0 saturated heterocycles. The lowest BCUT2D eigenvalue weighted by molar-refractivity contribution is 0.314. The van der Waals surface area contributed by atoms with Gasteiger partial charge >= 0.3 is 0 Å². The molecule has 0 atom stereocenters. The predicted octanol–water partition coefficient (Wildman–Crippen LogP) is 5.46. The lowest BCUT2D eigenvalue weighted by atomic mass is 10.2. The molecule has 3 rings (SSSR count). The molecule has 1 heterocycles.